The third kappa shape index (κ3) is 3.35. The fourth-order valence-electron chi connectivity index (χ4n) is 1.58. The molecule has 8 heteroatoms. The summed E-state index contributed by atoms with van der Waals surface area (Å²) < 4.78 is 18.7. The Morgan fingerprint density at radius 2 is 2.30 bits per heavy atom. The molecule has 1 N–H and O–H groups in total. The number of terminal acetylenes is 1. The second-order valence-corrected chi connectivity index (χ2v) is 3.69. The number of aliphatic carboxylic acids is 1. The Hall–Kier alpha value is -2.82. The van der Waals surface area contributed by atoms with Crippen molar-refractivity contribution >= 4 is 17.3 Å². The average Bonchev–Trinajstić information content (AvgIpc) is 2.37. The Bertz CT molecular complexity index is 582. The maximum atomic E-state index is 13.9. The van der Waals surface area contributed by atoms with Crippen LogP contribution in [0, 0.1) is 28.3 Å². The molecule has 0 radical (unpaired) electrons. The number of nitro groups is 1. The predicted octanol–water partition coefficient (Wildman–Crippen LogP) is 1.27. The third-order valence-electron chi connectivity index (χ3n) is 2.39. The number of hydrogen-bond acceptors (Lipinski definition) is 5. The summed E-state index contributed by atoms with van der Waals surface area (Å²) in [6.07, 6.45) is 5.09. The van der Waals surface area contributed by atoms with Crippen molar-refractivity contribution in [3.63, 3.8) is 0 Å². The quantitative estimate of drug-likeness (QED) is 0.480. The molecular weight excluding hydrogens is 271 g/mol. The Morgan fingerprint density at radius 1 is 1.65 bits per heavy atom. The molecule has 0 aromatic heterocycles. The molecule has 7 nitrogen and oxygen atoms in total. The smallest absolute Gasteiger partial charge is 0.323 e. The van der Waals surface area contributed by atoms with Gasteiger partial charge in [-0.1, -0.05) is 5.92 Å². The molecule has 0 fully saturated rings. The summed E-state index contributed by atoms with van der Waals surface area (Å²) in [5, 5.41) is 19.5. The van der Waals surface area contributed by atoms with Crippen molar-refractivity contribution in [2.45, 2.75) is 0 Å². The molecule has 1 aromatic carbocycles. The fraction of sp³-hybridized carbons (Fsp3) is 0.250. The first kappa shape index (κ1) is 15.2. The molecule has 0 aliphatic carbocycles. The molecule has 20 heavy (non-hydrogen) atoms. The zero-order chi connectivity index (χ0) is 15.3. The molecule has 0 aliphatic rings. The monoisotopic (exact) mass is 282 g/mol. The van der Waals surface area contributed by atoms with Gasteiger partial charge in [0.05, 0.1) is 30.3 Å². The number of methoxy groups -OCH3 is 1. The van der Waals surface area contributed by atoms with Crippen LogP contribution in [0.25, 0.3) is 0 Å². The van der Waals surface area contributed by atoms with Gasteiger partial charge >= 0.3 is 11.7 Å². The van der Waals surface area contributed by atoms with Crippen LogP contribution < -0.4 is 9.64 Å². The van der Waals surface area contributed by atoms with E-state index in [9.17, 15) is 19.3 Å². The number of carboxylic acids is 1. The van der Waals surface area contributed by atoms with Crippen molar-refractivity contribution in [3.8, 4) is 18.1 Å². The van der Waals surface area contributed by atoms with E-state index in [-0.39, 0.29) is 18.0 Å². The average molecular weight is 282 g/mol. The number of carbonyl (C=O) groups is 1. The van der Waals surface area contributed by atoms with E-state index >= 15 is 0 Å². The van der Waals surface area contributed by atoms with E-state index in [1.54, 1.807) is 0 Å². The van der Waals surface area contributed by atoms with Gasteiger partial charge in [-0.3, -0.25) is 14.9 Å². The summed E-state index contributed by atoms with van der Waals surface area (Å²) in [6.45, 7) is -0.702. The van der Waals surface area contributed by atoms with E-state index in [0.717, 1.165) is 11.0 Å². The minimum atomic E-state index is -1.21. The van der Waals surface area contributed by atoms with Gasteiger partial charge in [0.25, 0.3) is 0 Å². The molecule has 1 rings (SSSR count). The number of anilines is 1. The van der Waals surface area contributed by atoms with Gasteiger partial charge in [-0.25, -0.2) is 4.39 Å². The van der Waals surface area contributed by atoms with E-state index in [4.69, 9.17) is 16.3 Å². The first-order valence-corrected chi connectivity index (χ1v) is 5.32. The second-order valence-electron chi connectivity index (χ2n) is 3.69. The Balaban J connectivity index is 3.32. The van der Waals surface area contributed by atoms with Crippen LogP contribution in [-0.2, 0) is 4.79 Å². The molecule has 0 unspecified atom stereocenters. The number of rotatable bonds is 6. The molecular formula is C12H11FN2O5. The second kappa shape index (κ2) is 6.38. The Morgan fingerprint density at radius 3 is 2.75 bits per heavy atom. The van der Waals surface area contributed by atoms with Crippen LogP contribution in [0.15, 0.2) is 12.1 Å². The van der Waals surface area contributed by atoms with Gasteiger partial charge in [0.2, 0.25) is 0 Å². The summed E-state index contributed by atoms with van der Waals surface area (Å²) in [5.74, 6) is -0.148. The number of benzene rings is 1. The van der Waals surface area contributed by atoms with Gasteiger partial charge < -0.3 is 14.7 Å². The minimum absolute atomic E-state index is 0.163. The molecule has 0 amide bonds. The number of halogens is 1. The lowest BCUT2D eigenvalue weighted by atomic mass is 10.2. The molecule has 0 saturated heterocycles. The van der Waals surface area contributed by atoms with E-state index in [0.29, 0.717) is 6.07 Å². The van der Waals surface area contributed by atoms with Gasteiger partial charge in [0.15, 0.2) is 11.6 Å². The third-order valence-corrected chi connectivity index (χ3v) is 2.39. The van der Waals surface area contributed by atoms with E-state index in [2.05, 4.69) is 5.92 Å². The van der Waals surface area contributed by atoms with Crippen LogP contribution >= 0.6 is 0 Å². The molecule has 0 heterocycles. The topological polar surface area (TPSA) is 92.9 Å². The fourth-order valence-corrected chi connectivity index (χ4v) is 1.58. The van der Waals surface area contributed by atoms with Gasteiger partial charge in [-0.2, -0.15) is 0 Å². The van der Waals surface area contributed by atoms with Crippen LogP contribution in [0.5, 0.6) is 5.75 Å². The van der Waals surface area contributed by atoms with Crippen molar-refractivity contribution in [1.29, 1.82) is 0 Å². The summed E-state index contributed by atoms with van der Waals surface area (Å²) in [4.78, 5) is 21.7. The van der Waals surface area contributed by atoms with E-state index in [1.807, 2.05) is 0 Å². The maximum Gasteiger partial charge on any atom is 0.323 e. The van der Waals surface area contributed by atoms with Crippen LogP contribution in [0.3, 0.4) is 0 Å². The molecule has 0 saturated carbocycles. The van der Waals surface area contributed by atoms with Crippen LogP contribution in [-0.4, -0.2) is 36.2 Å². The molecule has 0 atom stereocenters. The molecule has 106 valence electrons. The molecule has 0 aliphatic heterocycles. The minimum Gasteiger partial charge on any atom is -0.490 e. The molecule has 1 aromatic rings. The van der Waals surface area contributed by atoms with Crippen LogP contribution in [0.2, 0.25) is 0 Å². The maximum absolute atomic E-state index is 13.9. The van der Waals surface area contributed by atoms with E-state index < -0.39 is 28.9 Å². The number of nitro benzene ring substituents is 1. The first-order valence-electron chi connectivity index (χ1n) is 5.32. The Labute approximate surface area is 113 Å². The number of ether oxygens (including phenoxy) is 1. The SMILES string of the molecule is C#CCN(CC(=O)O)c1cc(OC)c([N+](=O)[O-])cc1F. The number of carboxylic acid groups (broad SMARTS) is 1. The molecule has 0 spiro atoms. The summed E-state index contributed by atoms with van der Waals surface area (Å²) in [5.41, 5.74) is -0.725. The Kier molecular flexibility index (Phi) is 4.86. The number of nitrogens with zero attached hydrogens (tertiary/aromatic N) is 2. The van der Waals surface area contributed by atoms with Gasteiger partial charge in [0.1, 0.15) is 6.54 Å². The zero-order valence-electron chi connectivity index (χ0n) is 10.5. The largest absolute Gasteiger partial charge is 0.490 e. The highest BCUT2D eigenvalue weighted by Crippen LogP contribution is 2.33. The predicted molar refractivity (Wildman–Crippen MR) is 68.3 cm³/mol. The lowest BCUT2D eigenvalue weighted by Crippen LogP contribution is -2.30. The summed E-state index contributed by atoms with van der Waals surface area (Å²) >= 11 is 0. The van der Waals surface area contributed by atoms with Crippen molar-refractivity contribution in [1.82, 2.24) is 0 Å². The summed E-state index contributed by atoms with van der Waals surface area (Å²) in [6, 6.07) is 1.72. The first-order chi connectivity index (χ1) is 9.40. The lowest BCUT2D eigenvalue weighted by molar-refractivity contribution is -0.385. The normalized spacial score (nSPS) is 9.65. The zero-order valence-corrected chi connectivity index (χ0v) is 10.5. The summed E-state index contributed by atoms with van der Waals surface area (Å²) in [7, 11) is 1.19. The highest BCUT2D eigenvalue weighted by Gasteiger charge is 2.22. The van der Waals surface area contributed by atoms with Crippen molar-refractivity contribution in [3.05, 3.63) is 28.1 Å². The van der Waals surface area contributed by atoms with Gasteiger partial charge in [-0.15, -0.1) is 6.42 Å². The van der Waals surface area contributed by atoms with Crippen molar-refractivity contribution in [2.24, 2.45) is 0 Å². The van der Waals surface area contributed by atoms with E-state index in [1.165, 1.54) is 7.11 Å². The van der Waals surface area contributed by atoms with Crippen LogP contribution in [0.4, 0.5) is 15.8 Å². The highest BCUT2D eigenvalue weighted by atomic mass is 19.1. The van der Waals surface area contributed by atoms with Crippen LogP contribution in [0.1, 0.15) is 0 Å². The molecule has 0 bridgehead atoms. The van der Waals surface area contributed by atoms with Crippen molar-refractivity contribution in [2.75, 3.05) is 25.1 Å². The van der Waals surface area contributed by atoms with Gasteiger partial charge in [0, 0.05) is 6.07 Å². The highest BCUT2D eigenvalue weighted by molar-refractivity contribution is 5.75. The standard InChI is InChI=1S/C12H11FN2O5/c1-3-4-14(7-12(16)17)9-6-11(20-2)10(15(18)19)5-8(9)13/h1,5-6H,4,7H2,2H3,(H,16,17). The van der Waals surface area contributed by atoms with Crippen molar-refractivity contribution < 1.29 is 24.0 Å². The lowest BCUT2D eigenvalue weighted by Gasteiger charge is -2.21. The van der Waals surface area contributed by atoms with Gasteiger partial charge in [-0.05, 0) is 0 Å². The number of hydrogen-bond donors (Lipinski definition) is 1.